The number of hydrogen-bond acceptors (Lipinski definition) is 3. The summed E-state index contributed by atoms with van der Waals surface area (Å²) in [5.74, 6) is 0.620. The lowest BCUT2D eigenvalue weighted by Gasteiger charge is -2.11. The van der Waals surface area contributed by atoms with Gasteiger partial charge in [-0.15, -0.1) is 0 Å². The Morgan fingerprint density at radius 1 is 1.10 bits per heavy atom. The molecule has 4 heteroatoms. The number of carbonyl (C=O) groups excluding carboxylic acids is 2. The van der Waals surface area contributed by atoms with Gasteiger partial charge in [0.05, 0.1) is 7.11 Å². The number of carbonyl (C=O) groups is 2. The van der Waals surface area contributed by atoms with Crippen LogP contribution in [0, 0.1) is 0 Å². The minimum absolute atomic E-state index is 0.141. The number of benzene rings is 2. The number of allylic oxidation sites excluding steroid dienone is 6. The Balaban J connectivity index is 2.19. The third-order valence-electron chi connectivity index (χ3n) is 4.76. The van der Waals surface area contributed by atoms with Crippen molar-refractivity contribution in [3.63, 3.8) is 0 Å². The van der Waals surface area contributed by atoms with Crippen LogP contribution in [0.15, 0.2) is 77.9 Å². The molecule has 0 saturated carbocycles. The molecule has 0 aliphatic heterocycles. The number of aldehydes is 1. The average molecular weight is 404 g/mol. The molecule has 0 aliphatic rings. The summed E-state index contributed by atoms with van der Waals surface area (Å²) in [7, 11) is 1.62. The molecule has 0 unspecified atom stereocenters. The summed E-state index contributed by atoms with van der Waals surface area (Å²) >= 11 is 0. The van der Waals surface area contributed by atoms with Gasteiger partial charge in [0.15, 0.2) is 0 Å². The van der Waals surface area contributed by atoms with Crippen molar-refractivity contribution in [2.24, 2.45) is 0 Å². The molecular formula is C26H29NO3. The zero-order valence-electron chi connectivity index (χ0n) is 18.1. The zero-order chi connectivity index (χ0) is 21.9. The van der Waals surface area contributed by atoms with E-state index in [2.05, 4.69) is 18.3 Å². The van der Waals surface area contributed by atoms with E-state index in [0.29, 0.717) is 17.7 Å². The molecule has 0 fully saturated rings. The number of methoxy groups -OCH3 is 1. The molecule has 4 nitrogen and oxygen atoms in total. The van der Waals surface area contributed by atoms with Crippen molar-refractivity contribution in [3.05, 3.63) is 94.6 Å². The van der Waals surface area contributed by atoms with Crippen LogP contribution in [-0.4, -0.2) is 19.3 Å². The third-order valence-corrected chi connectivity index (χ3v) is 4.76. The summed E-state index contributed by atoms with van der Waals surface area (Å²) < 4.78 is 5.21. The zero-order valence-corrected chi connectivity index (χ0v) is 18.1. The van der Waals surface area contributed by atoms with Crippen LogP contribution in [-0.2, 0) is 11.3 Å². The fraction of sp³-hybridized carbons (Fsp3) is 0.231. The number of ether oxygens (including phenoxy) is 1. The Morgan fingerprint density at radius 3 is 2.40 bits per heavy atom. The molecule has 0 atom stereocenters. The maximum Gasteiger partial charge on any atom is 0.251 e. The highest BCUT2D eigenvalue weighted by Gasteiger charge is 2.09. The van der Waals surface area contributed by atoms with Gasteiger partial charge in [-0.25, -0.2) is 0 Å². The van der Waals surface area contributed by atoms with Gasteiger partial charge in [0, 0.05) is 17.7 Å². The quantitative estimate of drug-likeness (QED) is 0.341. The van der Waals surface area contributed by atoms with Crippen LogP contribution in [0.1, 0.15) is 48.7 Å². The minimum Gasteiger partial charge on any atom is -0.497 e. The average Bonchev–Trinajstić information content (AvgIpc) is 2.78. The monoisotopic (exact) mass is 403 g/mol. The van der Waals surface area contributed by atoms with Gasteiger partial charge in [-0.1, -0.05) is 43.3 Å². The van der Waals surface area contributed by atoms with Crippen LogP contribution in [0.3, 0.4) is 0 Å². The van der Waals surface area contributed by atoms with E-state index in [1.54, 1.807) is 25.3 Å². The number of hydrogen-bond donors (Lipinski definition) is 1. The molecule has 0 spiro atoms. The van der Waals surface area contributed by atoms with Gasteiger partial charge in [0.2, 0.25) is 0 Å². The van der Waals surface area contributed by atoms with Gasteiger partial charge in [-0.3, -0.25) is 9.59 Å². The first kappa shape index (κ1) is 22.9. The van der Waals surface area contributed by atoms with Crippen LogP contribution in [0.4, 0.5) is 0 Å². The second-order valence-electron chi connectivity index (χ2n) is 6.87. The maximum atomic E-state index is 12.5. The highest BCUT2D eigenvalue weighted by Crippen LogP contribution is 2.25. The molecule has 0 aliphatic carbocycles. The Morgan fingerprint density at radius 2 is 1.80 bits per heavy atom. The van der Waals surface area contributed by atoms with E-state index in [-0.39, 0.29) is 5.91 Å². The van der Waals surface area contributed by atoms with Crippen molar-refractivity contribution in [2.75, 3.05) is 7.11 Å². The molecule has 1 amide bonds. The van der Waals surface area contributed by atoms with Crippen molar-refractivity contribution in [3.8, 4) is 5.75 Å². The Labute approximate surface area is 179 Å². The highest BCUT2D eigenvalue weighted by atomic mass is 16.5. The predicted octanol–water partition coefficient (Wildman–Crippen LogP) is 5.51. The van der Waals surface area contributed by atoms with Crippen molar-refractivity contribution in [1.29, 1.82) is 0 Å². The lowest BCUT2D eigenvalue weighted by molar-refractivity contribution is -0.104. The van der Waals surface area contributed by atoms with Gasteiger partial charge >= 0.3 is 0 Å². The van der Waals surface area contributed by atoms with E-state index < -0.39 is 0 Å². The van der Waals surface area contributed by atoms with Crippen LogP contribution in [0.5, 0.6) is 5.75 Å². The molecular weight excluding hydrogens is 374 g/mol. The van der Waals surface area contributed by atoms with Gasteiger partial charge < -0.3 is 10.1 Å². The first-order chi connectivity index (χ1) is 14.5. The third kappa shape index (κ3) is 6.31. The van der Waals surface area contributed by atoms with Crippen LogP contribution < -0.4 is 10.1 Å². The summed E-state index contributed by atoms with van der Waals surface area (Å²) in [5.41, 5.74) is 5.20. The fourth-order valence-electron chi connectivity index (χ4n) is 3.06. The van der Waals surface area contributed by atoms with E-state index in [4.69, 9.17) is 4.74 Å². The highest BCUT2D eigenvalue weighted by molar-refractivity contribution is 5.95. The molecule has 0 radical (unpaired) electrons. The molecule has 1 N–H and O–H groups in total. The van der Waals surface area contributed by atoms with E-state index >= 15 is 0 Å². The fourth-order valence-corrected chi connectivity index (χ4v) is 3.06. The lowest BCUT2D eigenvalue weighted by atomic mass is 9.95. The van der Waals surface area contributed by atoms with Gasteiger partial charge in [-0.2, -0.15) is 0 Å². The molecule has 2 aromatic rings. The van der Waals surface area contributed by atoms with E-state index in [1.807, 2.05) is 56.3 Å². The number of amides is 1. The van der Waals surface area contributed by atoms with Crippen LogP contribution >= 0.6 is 0 Å². The molecule has 2 aromatic carbocycles. The Kier molecular flexibility index (Phi) is 8.82. The summed E-state index contributed by atoms with van der Waals surface area (Å²) in [6.07, 6.45) is 7.54. The van der Waals surface area contributed by atoms with Crippen molar-refractivity contribution < 1.29 is 14.3 Å². The second-order valence-corrected chi connectivity index (χ2v) is 6.87. The van der Waals surface area contributed by atoms with Gasteiger partial charge in [-0.05, 0) is 72.9 Å². The maximum absolute atomic E-state index is 12.5. The number of nitrogens with one attached hydrogen (secondary N) is 1. The second kappa shape index (κ2) is 11.6. The smallest absolute Gasteiger partial charge is 0.251 e. The topological polar surface area (TPSA) is 55.4 Å². The Bertz CT molecular complexity index is 966. The standard InChI is InChI=1S/C26H29NO3/c1-5-8-19(3)25(16-20(6-2)18-28)22-11-13-23(14-12-22)26(29)27-17-21-9-7-10-24(15-21)30-4/h6-16,18H,5,17H2,1-4H3,(H,27,29)/b19-8+,20-6+,25-16+. The van der Waals surface area contributed by atoms with Gasteiger partial charge in [0.1, 0.15) is 12.0 Å². The molecule has 0 aromatic heterocycles. The molecule has 0 saturated heterocycles. The van der Waals surface area contributed by atoms with Crippen molar-refractivity contribution in [2.45, 2.75) is 33.7 Å². The summed E-state index contributed by atoms with van der Waals surface area (Å²) in [4.78, 5) is 23.8. The summed E-state index contributed by atoms with van der Waals surface area (Å²) in [5, 5.41) is 2.93. The van der Waals surface area contributed by atoms with Crippen LogP contribution in [0.2, 0.25) is 0 Å². The minimum atomic E-state index is -0.141. The van der Waals surface area contributed by atoms with Crippen molar-refractivity contribution in [1.82, 2.24) is 5.32 Å². The normalized spacial score (nSPS) is 12.5. The van der Waals surface area contributed by atoms with Crippen LogP contribution in [0.25, 0.3) is 5.57 Å². The predicted molar refractivity (Wildman–Crippen MR) is 122 cm³/mol. The Hall–Kier alpha value is -3.40. The van der Waals surface area contributed by atoms with E-state index in [1.165, 1.54) is 0 Å². The largest absolute Gasteiger partial charge is 0.497 e. The SMILES string of the molecule is C\C=C(C=O)/C=C(\C(C)=C\CC)c1ccc(C(=O)NCc2cccc(OC)c2)cc1. The molecule has 0 heterocycles. The van der Waals surface area contributed by atoms with E-state index in [0.717, 1.165) is 40.7 Å². The lowest BCUT2D eigenvalue weighted by Crippen LogP contribution is -2.22. The summed E-state index contributed by atoms with van der Waals surface area (Å²) in [6.45, 7) is 6.37. The summed E-state index contributed by atoms with van der Waals surface area (Å²) in [6, 6.07) is 15.0. The van der Waals surface area contributed by atoms with Gasteiger partial charge in [0.25, 0.3) is 5.91 Å². The first-order valence-electron chi connectivity index (χ1n) is 10.0. The molecule has 0 bridgehead atoms. The number of rotatable bonds is 9. The molecule has 30 heavy (non-hydrogen) atoms. The molecule has 156 valence electrons. The van der Waals surface area contributed by atoms with E-state index in [9.17, 15) is 9.59 Å². The van der Waals surface area contributed by atoms with Crippen molar-refractivity contribution >= 4 is 17.8 Å². The molecule has 2 rings (SSSR count). The first-order valence-corrected chi connectivity index (χ1v) is 10.0.